The molecule has 3 nitrogen and oxygen atoms in total. The maximum atomic E-state index is 4.36. The average Bonchev–Trinajstić information content (AvgIpc) is 2.87. The Balaban J connectivity index is 2.26. The molecule has 0 amide bonds. The van der Waals surface area contributed by atoms with Gasteiger partial charge in [-0.25, -0.2) is 9.97 Å². The highest BCUT2D eigenvalue weighted by Crippen LogP contribution is 2.36. The van der Waals surface area contributed by atoms with E-state index in [-0.39, 0.29) is 0 Å². The molecule has 2 aromatic heterocycles. The Kier molecular flexibility index (Phi) is 1.47. The van der Waals surface area contributed by atoms with Gasteiger partial charge in [0.05, 0.1) is 6.20 Å². The van der Waals surface area contributed by atoms with E-state index in [1.54, 1.807) is 6.20 Å². The second-order valence-corrected chi connectivity index (χ2v) is 4.17. The molecule has 0 radical (unpaired) electrons. The molecule has 0 aliphatic heterocycles. The number of rotatable bonds is 1. The molecule has 1 saturated carbocycles. The molecular formula is C9H8BrN3. The van der Waals surface area contributed by atoms with Gasteiger partial charge in [-0.3, -0.25) is 0 Å². The molecule has 1 fully saturated rings. The van der Waals surface area contributed by atoms with Crippen LogP contribution >= 0.6 is 15.9 Å². The van der Waals surface area contributed by atoms with Crippen molar-refractivity contribution in [2.75, 3.05) is 0 Å². The topological polar surface area (TPSA) is 30.7 Å². The molecule has 0 N–H and O–H groups in total. The van der Waals surface area contributed by atoms with Crippen LogP contribution in [0.5, 0.6) is 0 Å². The number of halogens is 1. The summed E-state index contributed by atoms with van der Waals surface area (Å²) in [5.74, 6) is 0. The van der Waals surface area contributed by atoms with E-state index in [0.29, 0.717) is 6.04 Å². The Hall–Kier alpha value is -0.900. The lowest BCUT2D eigenvalue weighted by Gasteiger charge is -1.99. The molecular weight excluding hydrogens is 230 g/mol. The maximum Gasteiger partial charge on any atom is 0.158 e. The van der Waals surface area contributed by atoms with Crippen LogP contribution in [-0.2, 0) is 0 Å². The second-order valence-electron chi connectivity index (χ2n) is 3.36. The molecule has 13 heavy (non-hydrogen) atoms. The predicted octanol–water partition coefficient (Wildman–Crippen LogP) is 2.53. The third kappa shape index (κ3) is 1.16. The van der Waals surface area contributed by atoms with E-state index in [2.05, 4.69) is 36.7 Å². The highest BCUT2D eigenvalue weighted by Gasteiger charge is 2.24. The summed E-state index contributed by atoms with van der Waals surface area (Å²) >= 11 is 3.31. The van der Waals surface area contributed by atoms with Gasteiger partial charge < -0.3 is 4.57 Å². The van der Waals surface area contributed by atoms with Crippen LogP contribution in [0.2, 0.25) is 0 Å². The fourth-order valence-corrected chi connectivity index (χ4v) is 1.85. The first-order chi connectivity index (χ1) is 6.34. The lowest BCUT2D eigenvalue weighted by Crippen LogP contribution is -1.93. The van der Waals surface area contributed by atoms with Gasteiger partial charge in [0.25, 0.3) is 0 Å². The second kappa shape index (κ2) is 2.54. The third-order valence-electron chi connectivity index (χ3n) is 2.33. The summed E-state index contributed by atoms with van der Waals surface area (Å²) in [7, 11) is 0. The SMILES string of the molecule is Brc1cnc2c(ccn2C2CC2)n1. The number of fused-ring (bicyclic) bond motifs is 1. The first-order valence-electron chi connectivity index (χ1n) is 4.34. The van der Waals surface area contributed by atoms with Crippen LogP contribution < -0.4 is 0 Å². The van der Waals surface area contributed by atoms with Crippen molar-refractivity contribution in [3.8, 4) is 0 Å². The largest absolute Gasteiger partial charge is 0.328 e. The molecule has 0 atom stereocenters. The van der Waals surface area contributed by atoms with Crippen LogP contribution in [0, 0.1) is 0 Å². The lowest BCUT2D eigenvalue weighted by atomic mass is 10.5. The number of nitrogens with zero attached hydrogens (tertiary/aromatic N) is 3. The van der Waals surface area contributed by atoms with Crippen LogP contribution in [0.3, 0.4) is 0 Å². The van der Waals surface area contributed by atoms with Gasteiger partial charge in [-0.1, -0.05) is 0 Å². The Morgan fingerprint density at radius 1 is 1.46 bits per heavy atom. The van der Waals surface area contributed by atoms with E-state index in [1.807, 2.05) is 6.07 Å². The van der Waals surface area contributed by atoms with Crippen molar-refractivity contribution in [2.24, 2.45) is 0 Å². The van der Waals surface area contributed by atoms with Crippen molar-refractivity contribution >= 4 is 27.1 Å². The molecule has 1 aliphatic rings. The molecule has 0 bridgehead atoms. The van der Waals surface area contributed by atoms with Crippen LogP contribution in [0.25, 0.3) is 11.2 Å². The predicted molar refractivity (Wildman–Crippen MR) is 53.5 cm³/mol. The van der Waals surface area contributed by atoms with Crippen LogP contribution in [0.15, 0.2) is 23.1 Å². The third-order valence-corrected chi connectivity index (χ3v) is 2.71. The summed E-state index contributed by atoms with van der Waals surface area (Å²) < 4.78 is 3.02. The molecule has 0 saturated heterocycles. The van der Waals surface area contributed by atoms with Gasteiger partial charge in [-0.2, -0.15) is 0 Å². The van der Waals surface area contributed by atoms with E-state index in [0.717, 1.165) is 15.8 Å². The van der Waals surface area contributed by atoms with Gasteiger partial charge in [0.2, 0.25) is 0 Å². The van der Waals surface area contributed by atoms with Gasteiger partial charge in [0, 0.05) is 12.2 Å². The molecule has 2 heterocycles. The minimum Gasteiger partial charge on any atom is -0.328 e. The number of aromatic nitrogens is 3. The Labute approximate surface area is 83.9 Å². The maximum absolute atomic E-state index is 4.36. The number of hydrogen-bond donors (Lipinski definition) is 0. The van der Waals surface area contributed by atoms with Gasteiger partial charge in [-0.05, 0) is 34.8 Å². The zero-order chi connectivity index (χ0) is 8.84. The van der Waals surface area contributed by atoms with Crippen molar-refractivity contribution in [2.45, 2.75) is 18.9 Å². The van der Waals surface area contributed by atoms with Crippen molar-refractivity contribution in [1.82, 2.24) is 14.5 Å². The molecule has 4 heteroatoms. The minimum atomic E-state index is 0.674. The van der Waals surface area contributed by atoms with E-state index < -0.39 is 0 Å². The summed E-state index contributed by atoms with van der Waals surface area (Å²) in [6, 6.07) is 2.69. The fraction of sp³-hybridized carbons (Fsp3) is 0.333. The average molecular weight is 238 g/mol. The highest BCUT2D eigenvalue weighted by molar-refractivity contribution is 9.10. The number of hydrogen-bond acceptors (Lipinski definition) is 2. The van der Waals surface area contributed by atoms with Crippen molar-refractivity contribution in [3.63, 3.8) is 0 Å². The first-order valence-corrected chi connectivity index (χ1v) is 5.13. The zero-order valence-corrected chi connectivity index (χ0v) is 8.53. The highest BCUT2D eigenvalue weighted by atomic mass is 79.9. The van der Waals surface area contributed by atoms with Crippen LogP contribution in [0.1, 0.15) is 18.9 Å². The smallest absolute Gasteiger partial charge is 0.158 e. The fourth-order valence-electron chi connectivity index (χ4n) is 1.55. The molecule has 0 spiro atoms. The molecule has 0 unspecified atom stereocenters. The van der Waals surface area contributed by atoms with Gasteiger partial charge >= 0.3 is 0 Å². The van der Waals surface area contributed by atoms with Crippen LogP contribution in [-0.4, -0.2) is 14.5 Å². The molecule has 3 rings (SSSR count). The van der Waals surface area contributed by atoms with E-state index in [9.17, 15) is 0 Å². The Morgan fingerprint density at radius 3 is 3.08 bits per heavy atom. The molecule has 1 aliphatic carbocycles. The van der Waals surface area contributed by atoms with Gasteiger partial charge in [0.15, 0.2) is 5.65 Å². The van der Waals surface area contributed by atoms with Gasteiger partial charge in [-0.15, -0.1) is 0 Å². The minimum absolute atomic E-state index is 0.674. The summed E-state index contributed by atoms with van der Waals surface area (Å²) in [6.45, 7) is 0. The Bertz CT molecular complexity index is 459. The van der Waals surface area contributed by atoms with E-state index in [4.69, 9.17) is 0 Å². The summed E-state index contributed by atoms with van der Waals surface area (Å²) in [5.41, 5.74) is 1.98. The molecule has 0 aromatic carbocycles. The van der Waals surface area contributed by atoms with Crippen molar-refractivity contribution in [1.29, 1.82) is 0 Å². The zero-order valence-electron chi connectivity index (χ0n) is 6.94. The summed E-state index contributed by atoms with van der Waals surface area (Å²) in [4.78, 5) is 8.70. The normalized spacial score (nSPS) is 16.7. The molecule has 66 valence electrons. The van der Waals surface area contributed by atoms with E-state index >= 15 is 0 Å². The lowest BCUT2D eigenvalue weighted by molar-refractivity contribution is 0.765. The van der Waals surface area contributed by atoms with Gasteiger partial charge in [0.1, 0.15) is 10.1 Å². The quantitative estimate of drug-likeness (QED) is 0.764. The van der Waals surface area contributed by atoms with Crippen molar-refractivity contribution in [3.05, 3.63) is 23.1 Å². The standard InChI is InChI=1S/C9H8BrN3/c10-8-5-11-9-7(12-8)3-4-13(9)6-1-2-6/h3-6H,1-2H2. The summed E-state index contributed by atoms with van der Waals surface area (Å²) in [6.07, 6.45) is 6.39. The van der Waals surface area contributed by atoms with Crippen LogP contribution in [0.4, 0.5) is 0 Å². The summed E-state index contributed by atoms with van der Waals surface area (Å²) in [5, 5.41) is 0. The first kappa shape index (κ1) is 7.50. The Morgan fingerprint density at radius 2 is 2.31 bits per heavy atom. The van der Waals surface area contributed by atoms with E-state index in [1.165, 1.54) is 12.8 Å². The molecule has 2 aromatic rings. The van der Waals surface area contributed by atoms with Crippen molar-refractivity contribution < 1.29 is 0 Å². The monoisotopic (exact) mass is 237 g/mol.